The molecular formula is C65H51N3. The second kappa shape index (κ2) is 16.7. The van der Waals surface area contributed by atoms with Gasteiger partial charge in [-0.25, -0.2) is 0 Å². The standard InChI is InChI=1S/C65H51N3/c1-5-20-44(21-6-1)59-43-60(45-22-7-2-8-23-45)67-64(66-59)49-26-17-24-46(40-49)47-38-39-62-57(42-47)55-33-14-16-37-61(55)68(62)52-31-18-25-48(41-52)53-34-19-35-56-54-32-13-15-36-58(54)65(63(53)56,50-27-9-3-10-28-50)51-29-11-4-12-30-51/h1-7,9-22,24-41,43,47,59,64,66-67H,8,23,42H2. The van der Waals surface area contributed by atoms with Gasteiger partial charge in [-0.05, 0) is 122 Å². The van der Waals surface area contributed by atoms with Gasteiger partial charge in [-0.1, -0.05) is 212 Å². The van der Waals surface area contributed by atoms with E-state index in [2.05, 4.69) is 258 Å². The summed E-state index contributed by atoms with van der Waals surface area (Å²) >= 11 is 0. The highest BCUT2D eigenvalue weighted by Crippen LogP contribution is 2.58. The van der Waals surface area contributed by atoms with Crippen molar-refractivity contribution >= 4 is 17.0 Å². The maximum absolute atomic E-state index is 3.95. The Morgan fingerprint density at radius 1 is 0.574 bits per heavy atom. The first-order chi connectivity index (χ1) is 33.7. The van der Waals surface area contributed by atoms with Crippen LogP contribution < -0.4 is 10.6 Å². The molecule has 0 bridgehead atoms. The van der Waals surface area contributed by atoms with Crippen LogP contribution in [0.15, 0.2) is 248 Å². The minimum absolute atomic E-state index is 0.0326. The molecular weight excluding hydrogens is 823 g/mol. The second-order valence-corrected chi connectivity index (χ2v) is 18.7. The largest absolute Gasteiger partial charge is 0.366 e. The maximum Gasteiger partial charge on any atom is 0.104 e. The Hall–Kier alpha value is -7.98. The molecule has 1 aromatic heterocycles. The van der Waals surface area contributed by atoms with Crippen molar-refractivity contribution in [2.24, 2.45) is 0 Å². The summed E-state index contributed by atoms with van der Waals surface area (Å²) in [6.45, 7) is 0. The average Bonchev–Trinajstić information content (AvgIpc) is 3.92. The van der Waals surface area contributed by atoms with Crippen molar-refractivity contribution in [2.75, 3.05) is 0 Å². The predicted molar refractivity (Wildman–Crippen MR) is 281 cm³/mol. The summed E-state index contributed by atoms with van der Waals surface area (Å²) in [7, 11) is 0. The third-order valence-corrected chi connectivity index (χ3v) is 15.0. The number of fused-ring (bicyclic) bond motifs is 6. The number of nitrogens with one attached hydrogen (secondary N) is 2. The molecule has 0 spiro atoms. The van der Waals surface area contributed by atoms with Crippen LogP contribution >= 0.6 is 0 Å². The molecule has 0 saturated heterocycles. The third kappa shape index (κ3) is 6.60. The molecule has 0 saturated carbocycles. The molecule has 8 aromatic carbocycles. The van der Waals surface area contributed by atoms with Gasteiger partial charge in [0.05, 0.1) is 17.0 Å². The number of nitrogens with zero attached hydrogens (tertiary/aromatic N) is 1. The highest BCUT2D eigenvalue weighted by molar-refractivity contribution is 5.94. The number of rotatable bonds is 8. The fourth-order valence-corrected chi connectivity index (χ4v) is 11.9. The number of para-hydroxylation sites is 1. The van der Waals surface area contributed by atoms with Crippen molar-refractivity contribution in [2.45, 2.75) is 42.8 Å². The second-order valence-electron chi connectivity index (χ2n) is 18.7. The highest BCUT2D eigenvalue weighted by atomic mass is 15.2. The SMILES string of the molecule is C1=CCCC(C2=CC(c3ccccc3)NC(c3cccc(C4C=Cc5c(c6ccccc6n5-c5cccc(-c6cccc7c6C(c6ccccc6)(c6ccccc6)c6ccccc6-7)c5)C4)c3)N2)=C1. The Labute approximate surface area is 399 Å². The molecule has 2 heterocycles. The van der Waals surface area contributed by atoms with Gasteiger partial charge in [0.25, 0.3) is 0 Å². The Morgan fingerprint density at radius 3 is 2.06 bits per heavy atom. The average molecular weight is 874 g/mol. The number of hydrogen-bond donors (Lipinski definition) is 2. The van der Waals surface area contributed by atoms with E-state index >= 15 is 0 Å². The van der Waals surface area contributed by atoms with Crippen LogP contribution in [-0.2, 0) is 11.8 Å². The quantitative estimate of drug-likeness (QED) is 0.159. The summed E-state index contributed by atoms with van der Waals surface area (Å²) in [6, 6.07) is 76.6. The van der Waals surface area contributed by atoms with Crippen molar-refractivity contribution in [1.29, 1.82) is 0 Å². The number of hydrogen-bond acceptors (Lipinski definition) is 2. The van der Waals surface area contributed by atoms with E-state index in [0.29, 0.717) is 0 Å². The molecule has 0 amide bonds. The van der Waals surface area contributed by atoms with Gasteiger partial charge in [-0.2, -0.15) is 0 Å². The molecule has 3 aliphatic carbocycles. The maximum atomic E-state index is 3.95. The summed E-state index contributed by atoms with van der Waals surface area (Å²) in [4.78, 5) is 0. The van der Waals surface area contributed by atoms with Gasteiger partial charge < -0.3 is 9.88 Å². The van der Waals surface area contributed by atoms with Crippen LogP contribution in [0.3, 0.4) is 0 Å². The molecule has 3 heteroatoms. The fourth-order valence-electron chi connectivity index (χ4n) is 11.9. The zero-order valence-corrected chi connectivity index (χ0v) is 37.9. The van der Waals surface area contributed by atoms with Crippen molar-refractivity contribution in [1.82, 2.24) is 15.2 Å². The normalized spacial score (nSPS) is 18.8. The van der Waals surface area contributed by atoms with Crippen LogP contribution in [0, 0.1) is 0 Å². The van der Waals surface area contributed by atoms with E-state index in [4.69, 9.17) is 0 Å². The van der Waals surface area contributed by atoms with Crippen molar-refractivity contribution in [3.63, 3.8) is 0 Å². The lowest BCUT2D eigenvalue weighted by Crippen LogP contribution is -2.40. The van der Waals surface area contributed by atoms with Crippen LogP contribution in [0.25, 0.3) is 44.9 Å². The molecule has 3 unspecified atom stereocenters. The molecule has 2 N–H and O–H groups in total. The van der Waals surface area contributed by atoms with Gasteiger partial charge >= 0.3 is 0 Å². The molecule has 9 aromatic rings. The van der Waals surface area contributed by atoms with Crippen molar-refractivity contribution < 1.29 is 0 Å². The minimum atomic E-state index is -0.494. The summed E-state index contributed by atoms with van der Waals surface area (Å²) in [5, 5.41) is 9.17. The molecule has 0 radical (unpaired) electrons. The summed E-state index contributed by atoms with van der Waals surface area (Å²) < 4.78 is 2.50. The van der Waals surface area contributed by atoms with Crippen molar-refractivity contribution in [3.8, 4) is 27.9 Å². The Bertz CT molecular complexity index is 3460. The molecule has 1 aliphatic heterocycles. The number of aromatic nitrogens is 1. The zero-order valence-electron chi connectivity index (χ0n) is 37.9. The van der Waals surface area contributed by atoms with Gasteiger partial charge in [0.1, 0.15) is 6.17 Å². The Balaban J connectivity index is 0.882. The summed E-state index contributed by atoms with van der Waals surface area (Å²) in [5.74, 6) is 0.236. The van der Waals surface area contributed by atoms with E-state index in [0.717, 1.165) is 24.9 Å². The number of benzene rings is 8. The Kier molecular flexibility index (Phi) is 9.91. The van der Waals surface area contributed by atoms with Crippen LogP contribution in [-0.4, -0.2) is 4.57 Å². The summed E-state index contributed by atoms with van der Waals surface area (Å²) in [5.41, 5.74) is 21.3. The van der Waals surface area contributed by atoms with E-state index < -0.39 is 5.41 Å². The molecule has 13 rings (SSSR count). The third-order valence-electron chi connectivity index (χ3n) is 15.0. The molecule has 3 nitrogen and oxygen atoms in total. The summed E-state index contributed by atoms with van der Waals surface area (Å²) in [6.07, 6.45) is 16.9. The van der Waals surface area contributed by atoms with E-state index in [1.165, 1.54) is 94.6 Å². The van der Waals surface area contributed by atoms with Crippen LogP contribution in [0.2, 0.25) is 0 Å². The van der Waals surface area contributed by atoms with Gasteiger partial charge in [-0.15, -0.1) is 0 Å². The fraction of sp³-hybridized carbons (Fsp3) is 0.108. The van der Waals surface area contributed by atoms with E-state index in [1.807, 2.05) is 0 Å². The molecule has 3 atom stereocenters. The first-order valence-corrected chi connectivity index (χ1v) is 24.2. The van der Waals surface area contributed by atoms with Gasteiger partial charge in [-0.3, -0.25) is 5.32 Å². The van der Waals surface area contributed by atoms with Crippen LogP contribution in [0.1, 0.15) is 81.2 Å². The van der Waals surface area contributed by atoms with Crippen LogP contribution in [0.4, 0.5) is 0 Å². The van der Waals surface area contributed by atoms with Crippen LogP contribution in [0.5, 0.6) is 0 Å². The van der Waals surface area contributed by atoms with E-state index in [-0.39, 0.29) is 18.1 Å². The topological polar surface area (TPSA) is 29.0 Å². The van der Waals surface area contributed by atoms with Gasteiger partial charge in [0, 0.05) is 28.4 Å². The highest BCUT2D eigenvalue weighted by Gasteiger charge is 2.47. The van der Waals surface area contributed by atoms with Gasteiger partial charge in [0.2, 0.25) is 0 Å². The molecule has 4 aliphatic rings. The lowest BCUT2D eigenvalue weighted by Gasteiger charge is -2.35. The van der Waals surface area contributed by atoms with Crippen molar-refractivity contribution in [3.05, 3.63) is 298 Å². The number of allylic oxidation sites excluding steroid dienone is 5. The molecule has 68 heavy (non-hydrogen) atoms. The molecule has 0 fully saturated rings. The minimum Gasteiger partial charge on any atom is -0.366 e. The monoisotopic (exact) mass is 873 g/mol. The first-order valence-electron chi connectivity index (χ1n) is 24.2. The smallest absolute Gasteiger partial charge is 0.104 e. The Morgan fingerprint density at radius 2 is 1.25 bits per heavy atom. The van der Waals surface area contributed by atoms with Gasteiger partial charge in [0.15, 0.2) is 0 Å². The first kappa shape index (κ1) is 40.3. The predicted octanol–water partition coefficient (Wildman–Crippen LogP) is 15.1. The van der Waals surface area contributed by atoms with E-state index in [9.17, 15) is 0 Å². The molecule has 326 valence electrons. The lowest BCUT2D eigenvalue weighted by atomic mass is 9.66. The lowest BCUT2D eigenvalue weighted by molar-refractivity contribution is 0.417. The zero-order chi connectivity index (χ0) is 45.0. The van der Waals surface area contributed by atoms with E-state index in [1.54, 1.807) is 0 Å².